The van der Waals surface area contributed by atoms with Crippen molar-refractivity contribution < 1.29 is 9.53 Å². The summed E-state index contributed by atoms with van der Waals surface area (Å²) in [6, 6.07) is 11.4. The first kappa shape index (κ1) is 23.3. The molecule has 4 aromatic rings. The summed E-state index contributed by atoms with van der Waals surface area (Å²) in [6.45, 7) is 2.28. The fourth-order valence-corrected chi connectivity index (χ4v) is 5.55. The third-order valence-electron chi connectivity index (χ3n) is 5.64. The minimum atomic E-state index is 0.156. The first-order valence-electron chi connectivity index (χ1n) is 11.2. The van der Waals surface area contributed by atoms with Gasteiger partial charge in [0.2, 0.25) is 0 Å². The average Bonchev–Trinajstić information content (AvgIpc) is 3.20. The van der Waals surface area contributed by atoms with Crippen molar-refractivity contribution in [1.82, 2.24) is 19.9 Å². The van der Waals surface area contributed by atoms with E-state index in [0.29, 0.717) is 36.0 Å². The zero-order valence-electron chi connectivity index (χ0n) is 19.6. The maximum absolute atomic E-state index is 12.6. The van der Waals surface area contributed by atoms with Gasteiger partial charge in [-0.1, -0.05) is 17.7 Å². The Hall–Kier alpha value is -3.49. The van der Waals surface area contributed by atoms with E-state index >= 15 is 0 Å². The van der Waals surface area contributed by atoms with Crippen LogP contribution >= 0.6 is 22.9 Å². The van der Waals surface area contributed by atoms with Crippen molar-refractivity contribution in [2.75, 3.05) is 19.4 Å². The summed E-state index contributed by atoms with van der Waals surface area (Å²) in [7, 11) is 3.84. The Morgan fingerprint density at radius 2 is 2.06 bits per heavy atom. The molecule has 0 saturated carbocycles. The summed E-state index contributed by atoms with van der Waals surface area (Å²) in [5.41, 5.74) is 4.41. The number of thiophene rings is 1. The molecular formula is C26H24ClN5O2S. The lowest BCUT2D eigenvalue weighted by Gasteiger charge is -2.17. The molecule has 1 aromatic carbocycles. The number of rotatable bonds is 6. The van der Waals surface area contributed by atoms with Crippen LogP contribution in [0.1, 0.15) is 28.2 Å². The maximum Gasteiger partial charge on any atom is 0.166 e. The van der Waals surface area contributed by atoms with Gasteiger partial charge in [0.05, 0.1) is 21.7 Å². The van der Waals surface area contributed by atoms with Crippen LogP contribution in [0.4, 0.5) is 11.5 Å². The summed E-state index contributed by atoms with van der Waals surface area (Å²) >= 11 is 8.05. The van der Waals surface area contributed by atoms with Gasteiger partial charge in [-0.25, -0.2) is 9.97 Å². The highest BCUT2D eigenvalue weighted by atomic mass is 35.5. The van der Waals surface area contributed by atoms with Gasteiger partial charge in [-0.15, -0.1) is 11.3 Å². The molecule has 35 heavy (non-hydrogen) atoms. The Bertz CT molecular complexity index is 1460. The van der Waals surface area contributed by atoms with Crippen molar-refractivity contribution in [2.24, 2.45) is 0 Å². The fraction of sp³-hybridized carbons (Fsp3) is 0.231. The van der Waals surface area contributed by atoms with E-state index in [4.69, 9.17) is 16.3 Å². The number of nitrogens with one attached hydrogen (secondary N) is 1. The summed E-state index contributed by atoms with van der Waals surface area (Å²) in [5, 5.41) is 4.83. The number of hydrogen-bond acceptors (Lipinski definition) is 8. The highest BCUT2D eigenvalue weighted by Crippen LogP contribution is 2.42. The van der Waals surface area contributed by atoms with E-state index in [9.17, 15) is 4.79 Å². The number of fused-ring (bicyclic) bond motifs is 3. The number of halogens is 1. The molecule has 1 aliphatic carbocycles. The van der Waals surface area contributed by atoms with Crippen LogP contribution in [0.2, 0.25) is 5.02 Å². The average molecular weight is 506 g/mol. The van der Waals surface area contributed by atoms with Crippen LogP contribution in [0.25, 0.3) is 15.8 Å². The molecular weight excluding hydrogens is 482 g/mol. The van der Waals surface area contributed by atoms with E-state index in [2.05, 4.69) is 20.3 Å². The number of allylic oxidation sites excluding steroid dienone is 1. The summed E-state index contributed by atoms with van der Waals surface area (Å²) in [4.78, 5) is 29.8. The number of ether oxygens (including phenoxy) is 1. The number of aromatic nitrogens is 3. The van der Waals surface area contributed by atoms with E-state index < -0.39 is 0 Å². The van der Waals surface area contributed by atoms with Crippen LogP contribution in [0.3, 0.4) is 0 Å². The van der Waals surface area contributed by atoms with E-state index in [1.165, 1.54) is 17.7 Å². The maximum atomic E-state index is 12.6. The summed E-state index contributed by atoms with van der Waals surface area (Å²) < 4.78 is 5.88. The Morgan fingerprint density at radius 1 is 1.20 bits per heavy atom. The van der Waals surface area contributed by atoms with Crippen LogP contribution in [-0.2, 0) is 17.8 Å². The van der Waals surface area contributed by atoms with Gasteiger partial charge in [0.25, 0.3) is 0 Å². The van der Waals surface area contributed by atoms with Gasteiger partial charge < -0.3 is 15.0 Å². The molecule has 0 saturated heterocycles. The lowest BCUT2D eigenvalue weighted by Crippen LogP contribution is -2.14. The number of pyridine rings is 1. The van der Waals surface area contributed by atoms with E-state index in [-0.39, 0.29) is 5.78 Å². The number of hydrogen-bond donors (Lipinski definition) is 1. The lowest BCUT2D eigenvalue weighted by molar-refractivity contribution is -0.113. The number of carbonyl (C=O) groups excluding carboxylic acids is 1. The van der Waals surface area contributed by atoms with Crippen molar-refractivity contribution in [3.8, 4) is 5.75 Å². The standard InChI is InChI=1S/C26H24ClN5O2S/c1-15-5-4-6-17(30-15)13-34-22-10-7-16(11-20(22)27)31-25-23-18-8-9-21(33)19(12-32(2)3)24(18)35-26(23)29-14-28-25/h4-7,10-12,14H,8-9,13H2,1-3H3,(H,28,29,31)/b19-12+. The van der Waals surface area contributed by atoms with E-state index in [1.54, 1.807) is 0 Å². The summed E-state index contributed by atoms with van der Waals surface area (Å²) in [6.07, 6.45) is 4.57. The molecule has 0 unspecified atom stereocenters. The van der Waals surface area contributed by atoms with Crippen LogP contribution in [0.5, 0.6) is 5.75 Å². The highest BCUT2D eigenvalue weighted by molar-refractivity contribution is 7.20. The molecule has 9 heteroatoms. The van der Waals surface area contributed by atoms with E-state index in [0.717, 1.165) is 43.3 Å². The fourth-order valence-electron chi connectivity index (χ4n) is 4.09. The van der Waals surface area contributed by atoms with Gasteiger partial charge in [0.1, 0.15) is 29.3 Å². The SMILES string of the molecule is Cc1cccc(COc2ccc(Nc3ncnc4sc5c(c34)CCC(=O)/C5=C\N(C)C)cc2Cl)n1. The van der Waals surface area contributed by atoms with Crippen molar-refractivity contribution in [2.45, 2.75) is 26.4 Å². The number of nitrogens with zero attached hydrogens (tertiary/aromatic N) is 4. The van der Waals surface area contributed by atoms with Crippen molar-refractivity contribution in [3.63, 3.8) is 0 Å². The number of benzene rings is 1. The second-order valence-corrected chi connectivity index (χ2v) is 9.98. The molecule has 7 nitrogen and oxygen atoms in total. The van der Waals surface area contributed by atoms with Crippen LogP contribution < -0.4 is 10.1 Å². The second kappa shape index (κ2) is 9.64. The molecule has 1 aliphatic rings. The highest BCUT2D eigenvalue weighted by Gasteiger charge is 2.28. The number of aryl methyl sites for hydroxylation is 2. The molecule has 0 radical (unpaired) electrons. The van der Waals surface area contributed by atoms with Gasteiger partial charge in [-0.3, -0.25) is 9.78 Å². The van der Waals surface area contributed by atoms with Gasteiger partial charge in [-0.05, 0) is 49.2 Å². The topological polar surface area (TPSA) is 80.2 Å². The van der Waals surface area contributed by atoms with Crippen LogP contribution in [0, 0.1) is 6.92 Å². The molecule has 5 rings (SSSR count). The molecule has 3 aromatic heterocycles. The van der Waals surface area contributed by atoms with Gasteiger partial charge in [-0.2, -0.15) is 0 Å². The third kappa shape index (κ3) is 4.85. The Labute approximate surface area is 212 Å². The van der Waals surface area contributed by atoms with Crippen molar-refractivity contribution >= 4 is 56.0 Å². The molecule has 178 valence electrons. The number of anilines is 2. The van der Waals surface area contributed by atoms with Crippen molar-refractivity contribution in [3.05, 3.63) is 75.8 Å². The quantitative estimate of drug-likeness (QED) is 0.332. The Morgan fingerprint density at radius 3 is 2.83 bits per heavy atom. The monoisotopic (exact) mass is 505 g/mol. The first-order valence-corrected chi connectivity index (χ1v) is 12.4. The minimum Gasteiger partial charge on any atom is -0.486 e. The minimum absolute atomic E-state index is 0.156. The number of ketones is 1. The molecule has 0 spiro atoms. The van der Waals surface area contributed by atoms with Gasteiger partial charge in [0.15, 0.2) is 5.78 Å². The van der Waals surface area contributed by atoms with Gasteiger partial charge in [0, 0.05) is 43.0 Å². The molecule has 0 aliphatic heterocycles. The zero-order chi connectivity index (χ0) is 24.5. The third-order valence-corrected chi connectivity index (χ3v) is 7.11. The normalized spacial score (nSPS) is 14.3. The molecule has 0 amide bonds. The lowest BCUT2D eigenvalue weighted by atomic mass is 9.92. The van der Waals surface area contributed by atoms with Crippen LogP contribution in [-0.4, -0.2) is 39.7 Å². The predicted molar refractivity (Wildman–Crippen MR) is 140 cm³/mol. The Kier molecular flexibility index (Phi) is 6.40. The van der Waals surface area contributed by atoms with Gasteiger partial charge >= 0.3 is 0 Å². The molecule has 3 heterocycles. The smallest absolute Gasteiger partial charge is 0.166 e. The zero-order valence-corrected chi connectivity index (χ0v) is 21.2. The largest absolute Gasteiger partial charge is 0.486 e. The number of carbonyl (C=O) groups is 1. The summed E-state index contributed by atoms with van der Waals surface area (Å²) in [5.74, 6) is 1.43. The molecule has 0 bridgehead atoms. The number of Topliss-reactive ketones (excluding diaryl/α,β-unsaturated/α-hetero) is 1. The van der Waals surface area contributed by atoms with Crippen LogP contribution in [0.15, 0.2) is 48.9 Å². The molecule has 0 fully saturated rings. The molecule has 0 atom stereocenters. The molecule has 1 N–H and O–H groups in total. The second-order valence-electron chi connectivity index (χ2n) is 8.57. The Balaban J connectivity index is 1.42. The predicted octanol–water partition coefficient (Wildman–Crippen LogP) is 5.79. The van der Waals surface area contributed by atoms with Crippen molar-refractivity contribution in [1.29, 1.82) is 0 Å². The van der Waals surface area contributed by atoms with E-state index in [1.807, 2.05) is 68.5 Å². The first-order chi connectivity index (χ1) is 16.9.